The van der Waals surface area contributed by atoms with Crippen molar-refractivity contribution in [3.05, 3.63) is 0 Å². The van der Waals surface area contributed by atoms with Gasteiger partial charge in [-0.1, -0.05) is 96.8 Å². The van der Waals surface area contributed by atoms with Gasteiger partial charge in [0.2, 0.25) is 0 Å². The topological polar surface area (TPSA) is 68.8 Å². The average molecular weight is 345 g/mol. The van der Waals surface area contributed by atoms with Crippen LogP contribution in [0.15, 0.2) is 0 Å². The Morgan fingerprint density at radius 1 is 0.636 bits per heavy atom. The van der Waals surface area contributed by atoms with Gasteiger partial charge in [-0.3, -0.25) is 4.79 Å². The number of unbranched alkanes of at least 4 members (excludes halogenated alkanes) is 14. The van der Waals surface area contributed by atoms with Crippen LogP contribution < -0.4 is 0 Å². The molecule has 0 saturated heterocycles. The van der Waals surface area contributed by atoms with E-state index in [-0.39, 0.29) is 43.2 Å². The first-order valence-corrected chi connectivity index (χ1v) is 8.99. The van der Waals surface area contributed by atoms with Crippen LogP contribution in [-0.2, 0) is 4.79 Å². The fraction of sp³-hybridized carbons (Fsp3) is 0.944. The quantitative estimate of drug-likeness (QED) is 0.328. The first-order valence-electron chi connectivity index (χ1n) is 8.99. The monoisotopic (exact) mass is 344 g/mol. The van der Waals surface area contributed by atoms with Crippen LogP contribution >= 0.6 is 0 Å². The van der Waals surface area contributed by atoms with Crippen LogP contribution in [0, 0.1) is 0 Å². The molecule has 0 aromatic heterocycles. The molecule has 0 aliphatic rings. The summed E-state index contributed by atoms with van der Waals surface area (Å²) in [4.78, 5) is 10.3. The van der Waals surface area contributed by atoms with E-state index in [1.807, 2.05) is 0 Å². The van der Waals surface area contributed by atoms with Crippen molar-refractivity contribution in [3.8, 4) is 0 Å². The molecule has 0 unspecified atom stereocenters. The third kappa shape index (κ3) is 25.6. The molecule has 0 saturated carbocycles. The molecule has 0 rings (SSSR count). The Labute approximate surface area is 167 Å². The van der Waals surface area contributed by atoms with E-state index in [2.05, 4.69) is 6.92 Å². The molecule has 4 heteroatoms. The Hall–Kier alpha value is 0.690. The Balaban J connectivity index is -0.00000180. The van der Waals surface area contributed by atoms with Crippen molar-refractivity contribution >= 4 is 43.7 Å². The van der Waals surface area contributed by atoms with Crippen molar-refractivity contribution in [2.75, 3.05) is 0 Å². The Bertz CT molecular complexity index is 211. The molecular weight excluding hydrogens is 304 g/mol. The van der Waals surface area contributed by atoms with E-state index in [9.17, 15) is 4.79 Å². The fourth-order valence-corrected chi connectivity index (χ4v) is 2.65. The molecule has 22 heavy (non-hydrogen) atoms. The number of aliphatic carboxylic acids is 1. The molecule has 0 amide bonds. The number of carbonyl (C=O) groups is 1. The van der Waals surface area contributed by atoms with Gasteiger partial charge in [0.15, 0.2) is 0 Å². The van der Waals surface area contributed by atoms with Crippen molar-refractivity contribution in [1.29, 1.82) is 0 Å². The second-order valence-corrected chi connectivity index (χ2v) is 6.09. The standard InChI is InChI=1S/C18H36O2.Ca.H2O.2H/c1-2-3-4-5-6-7-8-9-10-11-12-13-14-15-16-17-18(19)20;;;;/h2-17H2,1H3,(H,19,20);;1H2;;. The summed E-state index contributed by atoms with van der Waals surface area (Å²) in [5, 5.41) is 8.52. The van der Waals surface area contributed by atoms with E-state index in [1.165, 1.54) is 83.5 Å². The third-order valence-corrected chi connectivity index (χ3v) is 3.99. The van der Waals surface area contributed by atoms with Gasteiger partial charge in [-0.2, -0.15) is 0 Å². The van der Waals surface area contributed by atoms with E-state index in [1.54, 1.807) is 0 Å². The molecule has 3 nitrogen and oxygen atoms in total. The van der Waals surface area contributed by atoms with Gasteiger partial charge in [0, 0.05) is 6.42 Å². The predicted octanol–water partition coefficient (Wildman–Crippen LogP) is 4.59. The number of hydrogen-bond acceptors (Lipinski definition) is 1. The van der Waals surface area contributed by atoms with E-state index in [0.717, 1.165) is 12.8 Å². The number of hydrogen-bond donors (Lipinski definition) is 1. The fourth-order valence-electron chi connectivity index (χ4n) is 2.65. The van der Waals surface area contributed by atoms with Gasteiger partial charge in [0.05, 0.1) is 0 Å². The molecule has 0 spiro atoms. The summed E-state index contributed by atoms with van der Waals surface area (Å²) < 4.78 is 0. The van der Waals surface area contributed by atoms with Crippen molar-refractivity contribution in [1.82, 2.24) is 0 Å². The molecule has 0 aromatic rings. The van der Waals surface area contributed by atoms with E-state index in [4.69, 9.17) is 5.11 Å². The summed E-state index contributed by atoms with van der Waals surface area (Å²) in [6.45, 7) is 2.27. The first-order chi connectivity index (χ1) is 9.77. The molecule has 0 aliphatic carbocycles. The molecule has 3 N–H and O–H groups in total. The van der Waals surface area contributed by atoms with E-state index in [0.29, 0.717) is 6.42 Å². The maximum absolute atomic E-state index is 10.3. The Kier molecular flexibility index (Phi) is 30.0. The van der Waals surface area contributed by atoms with Crippen LogP contribution in [0.3, 0.4) is 0 Å². The van der Waals surface area contributed by atoms with E-state index < -0.39 is 5.97 Å². The second kappa shape index (κ2) is 23.9. The third-order valence-electron chi connectivity index (χ3n) is 3.99. The zero-order chi connectivity index (χ0) is 14.9. The minimum atomic E-state index is -0.653. The minimum absolute atomic E-state index is 0. The summed E-state index contributed by atoms with van der Waals surface area (Å²) >= 11 is 0. The summed E-state index contributed by atoms with van der Waals surface area (Å²) in [7, 11) is 0. The summed E-state index contributed by atoms with van der Waals surface area (Å²) in [6, 6.07) is 0. The van der Waals surface area contributed by atoms with Crippen LogP contribution in [0.4, 0.5) is 0 Å². The van der Waals surface area contributed by atoms with Crippen LogP contribution in [-0.4, -0.2) is 54.3 Å². The summed E-state index contributed by atoms with van der Waals surface area (Å²) in [5.41, 5.74) is 0. The van der Waals surface area contributed by atoms with Gasteiger partial charge in [0.1, 0.15) is 0 Å². The summed E-state index contributed by atoms with van der Waals surface area (Å²) in [6.07, 6.45) is 20.2. The summed E-state index contributed by atoms with van der Waals surface area (Å²) in [5.74, 6) is -0.653. The van der Waals surface area contributed by atoms with Gasteiger partial charge in [-0.25, -0.2) is 0 Å². The van der Waals surface area contributed by atoms with Crippen molar-refractivity contribution in [2.45, 2.75) is 110 Å². The van der Waals surface area contributed by atoms with Crippen molar-refractivity contribution < 1.29 is 15.4 Å². The molecule has 0 radical (unpaired) electrons. The van der Waals surface area contributed by atoms with Crippen LogP contribution in [0.1, 0.15) is 110 Å². The van der Waals surface area contributed by atoms with Crippen LogP contribution in [0.25, 0.3) is 0 Å². The first kappa shape index (κ1) is 27.5. The van der Waals surface area contributed by atoms with Crippen molar-refractivity contribution in [2.24, 2.45) is 0 Å². The number of carboxylic acid groups (broad SMARTS) is 1. The second-order valence-electron chi connectivity index (χ2n) is 6.09. The Morgan fingerprint density at radius 3 is 1.18 bits per heavy atom. The number of carboxylic acids is 1. The zero-order valence-corrected chi connectivity index (χ0v) is 14.2. The molecule has 0 aliphatic heterocycles. The molecule has 0 atom stereocenters. The van der Waals surface area contributed by atoms with Gasteiger partial charge >= 0.3 is 43.7 Å². The predicted molar refractivity (Wildman–Crippen MR) is 99.3 cm³/mol. The Morgan fingerprint density at radius 2 is 0.909 bits per heavy atom. The van der Waals surface area contributed by atoms with Gasteiger partial charge in [-0.15, -0.1) is 0 Å². The average Bonchev–Trinajstić information content (AvgIpc) is 2.43. The van der Waals surface area contributed by atoms with Crippen LogP contribution in [0.5, 0.6) is 0 Å². The molecule has 132 valence electrons. The normalized spacial score (nSPS) is 9.86. The SMILES string of the molecule is CCCCCCCCCCCCCCCCCC(=O)O.O.[CaH2]. The van der Waals surface area contributed by atoms with Crippen molar-refractivity contribution in [3.63, 3.8) is 0 Å². The van der Waals surface area contributed by atoms with E-state index >= 15 is 0 Å². The molecular formula is C18H40CaO3. The molecule has 0 bridgehead atoms. The maximum atomic E-state index is 10.3. The molecule has 0 heterocycles. The van der Waals surface area contributed by atoms with Gasteiger partial charge in [-0.05, 0) is 6.42 Å². The molecule has 0 fully saturated rings. The molecule has 0 aromatic carbocycles. The van der Waals surface area contributed by atoms with Crippen LogP contribution in [0.2, 0.25) is 0 Å². The number of rotatable bonds is 16. The zero-order valence-electron chi connectivity index (χ0n) is 14.2. The van der Waals surface area contributed by atoms with Gasteiger partial charge in [0.25, 0.3) is 0 Å². The van der Waals surface area contributed by atoms with Gasteiger partial charge < -0.3 is 10.6 Å².